The Morgan fingerprint density at radius 3 is 2.63 bits per heavy atom. The Morgan fingerprint density at radius 1 is 1.04 bits per heavy atom. The van der Waals surface area contributed by atoms with E-state index in [1.54, 1.807) is 4.90 Å². The predicted molar refractivity (Wildman–Crippen MR) is 112 cm³/mol. The van der Waals surface area contributed by atoms with Crippen LogP contribution in [0.3, 0.4) is 0 Å². The van der Waals surface area contributed by atoms with Crippen molar-refractivity contribution in [3.05, 3.63) is 5.21 Å². The van der Waals surface area contributed by atoms with Gasteiger partial charge in [0.2, 0.25) is 0 Å². The fourth-order valence-electron chi connectivity index (χ4n) is 7.01. The molecule has 27 heavy (non-hydrogen) atoms. The molecule has 4 aliphatic rings. The molecule has 1 heterocycles. The maximum absolute atomic E-state index is 13.1. The van der Waals surface area contributed by atoms with Gasteiger partial charge in [0.1, 0.15) is 12.6 Å². The first-order chi connectivity index (χ1) is 13.0. The van der Waals surface area contributed by atoms with Gasteiger partial charge in [-0.05, 0) is 56.8 Å². The average Bonchev–Trinajstić information content (AvgIpc) is 2.68. The summed E-state index contributed by atoms with van der Waals surface area (Å²) in [6.45, 7) is 1.80. The molecule has 0 aromatic rings. The van der Waals surface area contributed by atoms with Crippen LogP contribution in [0.2, 0.25) is 0 Å². The first kappa shape index (κ1) is 20.5. The van der Waals surface area contributed by atoms with Crippen LogP contribution in [0.5, 0.6) is 0 Å². The summed E-state index contributed by atoms with van der Waals surface area (Å²) < 4.78 is 0.178. The van der Waals surface area contributed by atoms with Crippen LogP contribution < -0.4 is 10.1 Å². The standard InChI is InChI=1S/C21H35IN2O3/c22-18-9-7-15(12-20(18)24(26)27)21(25)13-23-11-3-6-17-16-5-2-1-4-14(16)8-10-19(17)23/h14-20,24,26H,1-13H2/p+1. The first-order valence-corrected chi connectivity index (χ1v) is 12.5. The van der Waals surface area contributed by atoms with Crippen molar-refractivity contribution in [2.45, 2.75) is 86.6 Å². The molecule has 0 aromatic heterocycles. The molecule has 3 N–H and O–H groups in total. The number of hydrogen-bond donors (Lipinski definition) is 3. The molecule has 6 heteroatoms. The van der Waals surface area contributed by atoms with Crippen LogP contribution in [0.4, 0.5) is 0 Å². The van der Waals surface area contributed by atoms with Gasteiger partial charge < -0.3 is 10.1 Å². The number of carbonyl (C=O) groups excluding carboxylic acids is 1. The lowest BCUT2D eigenvalue weighted by molar-refractivity contribution is -1.07. The molecule has 0 amide bonds. The summed E-state index contributed by atoms with van der Waals surface area (Å²) in [5.74, 6) is 3.07. The SMILES string of the molecule is O=C(C[NH+]1CCCC2C3CCCCC3CCC21)C1CCC(I)C([NH+]([O-])O)C1. The van der Waals surface area contributed by atoms with E-state index in [1.165, 1.54) is 51.4 Å². The molecule has 3 saturated carbocycles. The highest BCUT2D eigenvalue weighted by Crippen LogP contribution is 2.45. The number of nitrogens with one attached hydrogen (secondary N) is 2. The van der Waals surface area contributed by atoms with Crippen molar-refractivity contribution in [2.24, 2.45) is 23.7 Å². The van der Waals surface area contributed by atoms with Gasteiger partial charge in [0, 0.05) is 18.3 Å². The van der Waals surface area contributed by atoms with Crippen LogP contribution in [0.25, 0.3) is 0 Å². The molecule has 1 aliphatic heterocycles. The number of halogens is 1. The lowest BCUT2D eigenvalue weighted by atomic mass is 9.61. The van der Waals surface area contributed by atoms with Gasteiger partial charge in [0.05, 0.1) is 16.5 Å². The van der Waals surface area contributed by atoms with Crippen LogP contribution in [0.1, 0.15) is 70.6 Å². The second kappa shape index (κ2) is 8.94. The number of Topliss-reactive ketones (excluding diaryl/α,β-unsaturated/α-hetero) is 1. The molecule has 154 valence electrons. The van der Waals surface area contributed by atoms with Gasteiger partial charge in [0.25, 0.3) is 0 Å². The van der Waals surface area contributed by atoms with Crippen molar-refractivity contribution < 1.29 is 20.1 Å². The normalized spacial score (nSPS) is 46.2. The number of hydrogen-bond acceptors (Lipinski definition) is 3. The molecule has 4 rings (SSSR count). The van der Waals surface area contributed by atoms with Crippen LogP contribution in [-0.2, 0) is 4.79 Å². The summed E-state index contributed by atoms with van der Waals surface area (Å²) in [6, 6.07) is 0.355. The quantitative estimate of drug-likeness (QED) is 0.318. The minimum atomic E-state index is -0.715. The monoisotopic (exact) mass is 491 g/mol. The van der Waals surface area contributed by atoms with Crippen molar-refractivity contribution in [1.82, 2.24) is 0 Å². The number of likely N-dealkylation sites (tertiary alicyclic amines) is 1. The highest BCUT2D eigenvalue weighted by molar-refractivity contribution is 14.1. The maximum atomic E-state index is 13.1. The van der Waals surface area contributed by atoms with E-state index in [0.717, 1.165) is 37.1 Å². The molecule has 0 aromatic carbocycles. The van der Waals surface area contributed by atoms with Crippen LogP contribution in [0, 0.1) is 28.9 Å². The van der Waals surface area contributed by atoms with E-state index in [4.69, 9.17) is 0 Å². The lowest BCUT2D eigenvalue weighted by Gasteiger charge is -2.50. The molecule has 1 saturated heterocycles. The third-order valence-electron chi connectivity index (χ3n) is 8.38. The van der Waals surface area contributed by atoms with Gasteiger partial charge in [-0.1, -0.05) is 41.9 Å². The van der Waals surface area contributed by atoms with Crippen molar-refractivity contribution in [2.75, 3.05) is 13.1 Å². The Labute approximate surface area is 176 Å². The molecule has 0 spiro atoms. The molecular formula is C21H36IN2O3+. The van der Waals surface area contributed by atoms with Gasteiger partial charge in [-0.2, -0.15) is 0 Å². The number of carbonyl (C=O) groups is 1. The summed E-state index contributed by atoms with van der Waals surface area (Å²) in [5, 5.41) is 20.3. The smallest absolute Gasteiger partial charge is 0.190 e. The summed E-state index contributed by atoms with van der Waals surface area (Å²) in [7, 11) is 0. The van der Waals surface area contributed by atoms with E-state index < -0.39 is 5.23 Å². The number of piperidine rings is 1. The second-order valence-electron chi connectivity index (χ2n) is 9.72. The summed E-state index contributed by atoms with van der Waals surface area (Å²) >= 11 is 2.27. The van der Waals surface area contributed by atoms with Crippen LogP contribution in [0.15, 0.2) is 0 Å². The Morgan fingerprint density at radius 2 is 1.81 bits per heavy atom. The minimum Gasteiger partial charge on any atom is -0.600 e. The second-order valence-corrected chi connectivity index (χ2v) is 11.3. The topological polar surface area (TPSA) is 69.2 Å². The van der Waals surface area contributed by atoms with E-state index in [1.807, 2.05) is 0 Å². The summed E-state index contributed by atoms with van der Waals surface area (Å²) in [4.78, 5) is 14.6. The Kier molecular flexibility index (Phi) is 6.79. The number of quaternary nitrogens is 2. The van der Waals surface area contributed by atoms with Crippen molar-refractivity contribution in [3.8, 4) is 0 Å². The van der Waals surface area contributed by atoms with Crippen molar-refractivity contribution in [3.63, 3.8) is 0 Å². The van der Waals surface area contributed by atoms with Gasteiger partial charge in [0.15, 0.2) is 5.78 Å². The number of fused-ring (bicyclic) bond motifs is 3. The van der Waals surface area contributed by atoms with E-state index in [9.17, 15) is 15.2 Å². The van der Waals surface area contributed by atoms with Gasteiger partial charge >= 0.3 is 0 Å². The van der Waals surface area contributed by atoms with Gasteiger partial charge in [-0.25, -0.2) is 10.4 Å². The number of alkyl halides is 1. The third kappa shape index (κ3) is 4.39. The molecule has 0 radical (unpaired) electrons. The summed E-state index contributed by atoms with van der Waals surface area (Å²) in [5.41, 5.74) is 0. The molecule has 3 aliphatic carbocycles. The predicted octanol–water partition coefficient (Wildman–Crippen LogP) is 1.56. The van der Waals surface area contributed by atoms with Crippen molar-refractivity contribution >= 4 is 28.4 Å². The summed E-state index contributed by atoms with van der Waals surface area (Å²) in [6.07, 6.45) is 13.4. The molecule has 4 fully saturated rings. The highest BCUT2D eigenvalue weighted by atomic mass is 127. The number of hydroxylamine groups is 2. The average molecular weight is 491 g/mol. The van der Waals surface area contributed by atoms with Crippen LogP contribution >= 0.6 is 22.6 Å². The number of rotatable bonds is 4. The first-order valence-electron chi connectivity index (χ1n) is 11.3. The number of ketones is 1. The maximum Gasteiger partial charge on any atom is 0.190 e. The largest absolute Gasteiger partial charge is 0.600 e. The fourth-order valence-corrected chi connectivity index (χ4v) is 7.97. The van der Waals surface area contributed by atoms with E-state index in [0.29, 0.717) is 24.8 Å². The van der Waals surface area contributed by atoms with E-state index in [2.05, 4.69) is 22.6 Å². The van der Waals surface area contributed by atoms with Gasteiger partial charge in [-0.3, -0.25) is 4.79 Å². The highest BCUT2D eigenvalue weighted by Gasteiger charge is 2.47. The minimum absolute atomic E-state index is 0.0176. The lowest BCUT2D eigenvalue weighted by Crippen LogP contribution is -3.18. The van der Waals surface area contributed by atoms with Gasteiger partial charge in [-0.15, -0.1) is 0 Å². The fraction of sp³-hybridized carbons (Fsp3) is 0.952. The van der Waals surface area contributed by atoms with E-state index >= 15 is 0 Å². The Hall–Kier alpha value is 0.240. The van der Waals surface area contributed by atoms with Crippen molar-refractivity contribution in [1.29, 1.82) is 0 Å². The zero-order valence-electron chi connectivity index (χ0n) is 16.4. The molecule has 9 atom stereocenters. The molecule has 5 nitrogen and oxygen atoms in total. The molecule has 0 bridgehead atoms. The Balaban J connectivity index is 1.38. The molecular weight excluding hydrogens is 455 g/mol. The van der Waals surface area contributed by atoms with E-state index in [-0.39, 0.29) is 15.9 Å². The van der Waals surface area contributed by atoms with Crippen LogP contribution in [-0.4, -0.2) is 40.1 Å². The zero-order chi connectivity index (χ0) is 19.0. The molecule has 9 unspecified atom stereocenters. The Bertz CT molecular complexity index is 532. The zero-order valence-corrected chi connectivity index (χ0v) is 18.5. The third-order valence-corrected chi connectivity index (χ3v) is 9.87.